The van der Waals surface area contributed by atoms with Crippen LogP contribution in [0.5, 0.6) is 0 Å². The molecule has 0 spiro atoms. The van der Waals surface area contributed by atoms with Gasteiger partial charge in [-0.25, -0.2) is 0 Å². The van der Waals surface area contributed by atoms with Crippen molar-refractivity contribution in [1.82, 2.24) is 10.6 Å². The van der Waals surface area contributed by atoms with E-state index in [0.29, 0.717) is 18.9 Å². The summed E-state index contributed by atoms with van der Waals surface area (Å²) in [7, 11) is 0. The number of rotatable bonds is 9. The quantitative estimate of drug-likeness (QED) is 0.492. The third-order valence-corrected chi connectivity index (χ3v) is 2.48. The van der Waals surface area contributed by atoms with Crippen molar-refractivity contribution in [3.05, 3.63) is 0 Å². The van der Waals surface area contributed by atoms with Crippen LogP contribution in [0.25, 0.3) is 0 Å². The van der Waals surface area contributed by atoms with Crippen LogP contribution in [0.3, 0.4) is 0 Å². The van der Waals surface area contributed by atoms with E-state index in [0.717, 1.165) is 25.9 Å². The Morgan fingerprint density at radius 1 is 1.40 bits per heavy atom. The fourth-order valence-corrected chi connectivity index (χ4v) is 1.36. The Morgan fingerprint density at radius 2 is 2.13 bits per heavy atom. The molecular weight excluding hydrogens is 192 g/mol. The lowest BCUT2D eigenvalue weighted by molar-refractivity contribution is -0.121. The minimum atomic E-state index is 0.0901. The standard InChI is InChI=1S/C11H24N2O2/c1-3-10(6-8-14)9-13-11(15)5-7-12-4-2/h10,12,14H,3-9H2,1-2H3,(H,13,15). The minimum Gasteiger partial charge on any atom is -0.396 e. The van der Waals surface area contributed by atoms with Crippen LogP contribution in [0, 0.1) is 5.92 Å². The van der Waals surface area contributed by atoms with Crippen LogP contribution in [-0.2, 0) is 4.79 Å². The van der Waals surface area contributed by atoms with Crippen molar-refractivity contribution >= 4 is 5.91 Å². The molecule has 0 aliphatic carbocycles. The highest BCUT2D eigenvalue weighted by atomic mass is 16.3. The van der Waals surface area contributed by atoms with E-state index in [1.807, 2.05) is 6.92 Å². The van der Waals surface area contributed by atoms with Gasteiger partial charge in [0, 0.05) is 26.1 Å². The van der Waals surface area contributed by atoms with Gasteiger partial charge in [0.2, 0.25) is 5.91 Å². The summed E-state index contributed by atoms with van der Waals surface area (Å²) in [6.07, 6.45) is 2.29. The number of amides is 1. The second-order valence-electron chi connectivity index (χ2n) is 3.69. The first-order valence-corrected chi connectivity index (χ1v) is 5.82. The first-order valence-electron chi connectivity index (χ1n) is 5.82. The van der Waals surface area contributed by atoms with Crippen molar-refractivity contribution in [2.24, 2.45) is 5.92 Å². The summed E-state index contributed by atoms with van der Waals surface area (Å²) < 4.78 is 0. The van der Waals surface area contributed by atoms with Crippen LogP contribution >= 0.6 is 0 Å². The van der Waals surface area contributed by atoms with Crippen LogP contribution in [0.15, 0.2) is 0 Å². The van der Waals surface area contributed by atoms with Gasteiger partial charge in [-0.3, -0.25) is 4.79 Å². The molecule has 4 heteroatoms. The van der Waals surface area contributed by atoms with Crippen LogP contribution in [0.1, 0.15) is 33.1 Å². The zero-order valence-corrected chi connectivity index (χ0v) is 9.88. The highest BCUT2D eigenvalue weighted by Crippen LogP contribution is 2.05. The van der Waals surface area contributed by atoms with Crippen LogP contribution in [0.2, 0.25) is 0 Å². The fraction of sp³-hybridized carbons (Fsp3) is 0.909. The van der Waals surface area contributed by atoms with E-state index < -0.39 is 0 Å². The van der Waals surface area contributed by atoms with E-state index in [-0.39, 0.29) is 12.5 Å². The van der Waals surface area contributed by atoms with Gasteiger partial charge in [-0.05, 0) is 18.9 Å². The summed E-state index contributed by atoms with van der Waals surface area (Å²) in [5.74, 6) is 0.491. The number of nitrogens with one attached hydrogen (secondary N) is 2. The Morgan fingerprint density at radius 3 is 2.67 bits per heavy atom. The molecule has 0 aliphatic rings. The van der Waals surface area contributed by atoms with Crippen LogP contribution in [0.4, 0.5) is 0 Å². The SMILES string of the molecule is CCNCCC(=O)NCC(CC)CCO. The number of hydrogen-bond donors (Lipinski definition) is 3. The fourth-order valence-electron chi connectivity index (χ4n) is 1.36. The molecule has 0 radical (unpaired) electrons. The highest BCUT2D eigenvalue weighted by molar-refractivity contribution is 5.76. The van der Waals surface area contributed by atoms with E-state index in [4.69, 9.17) is 5.11 Å². The second kappa shape index (κ2) is 9.93. The van der Waals surface area contributed by atoms with E-state index in [1.54, 1.807) is 0 Å². The van der Waals surface area contributed by atoms with Gasteiger partial charge < -0.3 is 15.7 Å². The average Bonchev–Trinajstić information content (AvgIpc) is 2.24. The van der Waals surface area contributed by atoms with Gasteiger partial charge in [-0.15, -0.1) is 0 Å². The number of aliphatic hydroxyl groups is 1. The van der Waals surface area contributed by atoms with Gasteiger partial charge in [0.1, 0.15) is 0 Å². The summed E-state index contributed by atoms with van der Waals surface area (Å²) in [4.78, 5) is 11.3. The maximum atomic E-state index is 11.3. The maximum absolute atomic E-state index is 11.3. The number of aliphatic hydroxyl groups excluding tert-OH is 1. The second-order valence-corrected chi connectivity index (χ2v) is 3.69. The molecule has 0 aromatic carbocycles. The van der Waals surface area contributed by atoms with Crippen molar-refractivity contribution in [3.8, 4) is 0 Å². The highest BCUT2D eigenvalue weighted by Gasteiger charge is 2.07. The monoisotopic (exact) mass is 216 g/mol. The lowest BCUT2D eigenvalue weighted by Crippen LogP contribution is -2.31. The molecule has 0 aromatic heterocycles. The Bertz CT molecular complexity index is 163. The molecule has 90 valence electrons. The first-order chi connectivity index (χ1) is 7.24. The molecule has 0 heterocycles. The molecule has 0 bridgehead atoms. The predicted molar refractivity (Wildman–Crippen MR) is 61.7 cm³/mol. The van der Waals surface area contributed by atoms with E-state index >= 15 is 0 Å². The van der Waals surface area contributed by atoms with Crippen molar-refractivity contribution < 1.29 is 9.90 Å². The zero-order valence-electron chi connectivity index (χ0n) is 9.88. The minimum absolute atomic E-state index is 0.0901. The molecule has 0 rings (SSSR count). The molecule has 0 aliphatic heterocycles. The summed E-state index contributed by atoms with van der Waals surface area (Å²) in [5, 5.41) is 14.8. The van der Waals surface area contributed by atoms with Crippen LogP contribution < -0.4 is 10.6 Å². The maximum Gasteiger partial charge on any atom is 0.221 e. The molecule has 0 fully saturated rings. The Balaban J connectivity index is 3.50. The van der Waals surface area contributed by atoms with Gasteiger partial charge >= 0.3 is 0 Å². The normalized spacial score (nSPS) is 12.5. The van der Waals surface area contributed by atoms with Gasteiger partial charge in [0.15, 0.2) is 0 Å². The topological polar surface area (TPSA) is 61.4 Å². The zero-order chi connectivity index (χ0) is 11.5. The van der Waals surface area contributed by atoms with Gasteiger partial charge in [0.05, 0.1) is 0 Å². The van der Waals surface area contributed by atoms with Crippen molar-refractivity contribution in [2.45, 2.75) is 33.1 Å². The Kier molecular flexibility index (Phi) is 9.52. The number of hydrogen-bond acceptors (Lipinski definition) is 3. The first kappa shape index (κ1) is 14.4. The molecule has 1 amide bonds. The third kappa shape index (κ3) is 8.39. The van der Waals surface area contributed by atoms with E-state index in [9.17, 15) is 4.79 Å². The number of carbonyl (C=O) groups is 1. The Hall–Kier alpha value is -0.610. The lowest BCUT2D eigenvalue weighted by Gasteiger charge is -2.14. The van der Waals surface area contributed by atoms with Gasteiger partial charge in [-0.2, -0.15) is 0 Å². The summed E-state index contributed by atoms with van der Waals surface area (Å²) in [5.41, 5.74) is 0. The summed E-state index contributed by atoms with van der Waals surface area (Å²) in [6, 6.07) is 0. The number of carbonyl (C=O) groups excluding carboxylic acids is 1. The molecule has 0 aromatic rings. The van der Waals surface area contributed by atoms with Gasteiger partial charge in [0.25, 0.3) is 0 Å². The molecule has 1 atom stereocenters. The van der Waals surface area contributed by atoms with E-state index in [1.165, 1.54) is 0 Å². The molecule has 4 nitrogen and oxygen atoms in total. The predicted octanol–water partition coefficient (Wildman–Crippen LogP) is 0.511. The van der Waals surface area contributed by atoms with Gasteiger partial charge in [-0.1, -0.05) is 20.3 Å². The lowest BCUT2D eigenvalue weighted by atomic mass is 10.0. The van der Waals surface area contributed by atoms with Crippen molar-refractivity contribution in [3.63, 3.8) is 0 Å². The van der Waals surface area contributed by atoms with Crippen molar-refractivity contribution in [1.29, 1.82) is 0 Å². The smallest absolute Gasteiger partial charge is 0.221 e. The van der Waals surface area contributed by atoms with Crippen LogP contribution in [-0.4, -0.2) is 37.3 Å². The molecule has 0 saturated carbocycles. The molecule has 1 unspecified atom stereocenters. The summed E-state index contributed by atoms with van der Waals surface area (Å²) in [6.45, 7) is 6.61. The molecule has 15 heavy (non-hydrogen) atoms. The summed E-state index contributed by atoms with van der Waals surface area (Å²) >= 11 is 0. The molecular formula is C11H24N2O2. The Labute approximate surface area is 92.4 Å². The van der Waals surface area contributed by atoms with Crippen molar-refractivity contribution in [2.75, 3.05) is 26.2 Å². The largest absolute Gasteiger partial charge is 0.396 e. The van der Waals surface area contributed by atoms with E-state index in [2.05, 4.69) is 17.6 Å². The molecule has 0 saturated heterocycles. The third-order valence-electron chi connectivity index (χ3n) is 2.48. The molecule has 3 N–H and O–H groups in total. The average molecular weight is 216 g/mol.